The van der Waals surface area contributed by atoms with Crippen LogP contribution in [0.3, 0.4) is 0 Å². The Morgan fingerprint density at radius 2 is 0.846 bits per heavy atom. The maximum absolute atomic E-state index is 5.20. The van der Waals surface area contributed by atoms with Crippen LogP contribution in [0.4, 0.5) is 0 Å². The van der Waals surface area contributed by atoms with E-state index in [0.29, 0.717) is 5.82 Å². The molecule has 0 saturated carbocycles. The molecule has 0 aliphatic heterocycles. The van der Waals surface area contributed by atoms with Crippen LogP contribution in [0.25, 0.3) is 89.2 Å². The molecule has 0 radical (unpaired) electrons. The van der Waals surface area contributed by atoms with E-state index in [4.69, 9.17) is 19.9 Å². The van der Waals surface area contributed by atoms with Gasteiger partial charge in [-0.15, -0.1) is 0 Å². The summed E-state index contributed by atoms with van der Waals surface area (Å²) in [4.78, 5) is 20.3. The minimum absolute atomic E-state index is 0.693. The molecule has 6 aromatic carbocycles. The zero-order valence-electron chi connectivity index (χ0n) is 29.0. The van der Waals surface area contributed by atoms with Crippen molar-refractivity contribution in [2.45, 2.75) is 13.8 Å². The Hall–Kier alpha value is -6.78. The van der Waals surface area contributed by atoms with Crippen molar-refractivity contribution in [3.05, 3.63) is 181 Å². The van der Waals surface area contributed by atoms with E-state index in [0.717, 1.165) is 83.5 Å². The second-order valence-corrected chi connectivity index (χ2v) is 13.2. The molecule has 0 N–H and O–H groups in total. The second-order valence-electron chi connectivity index (χ2n) is 13.2. The summed E-state index contributed by atoms with van der Waals surface area (Å²) in [6.07, 6.45) is 0. The lowest BCUT2D eigenvalue weighted by Crippen LogP contribution is -1.96. The number of benzene rings is 6. The summed E-state index contributed by atoms with van der Waals surface area (Å²) in [5.74, 6) is 0.693. The van der Waals surface area contributed by atoms with Crippen molar-refractivity contribution in [2.24, 2.45) is 0 Å². The van der Waals surface area contributed by atoms with Gasteiger partial charge >= 0.3 is 0 Å². The van der Waals surface area contributed by atoms with Crippen molar-refractivity contribution in [1.29, 1.82) is 0 Å². The van der Waals surface area contributed by atoms with Gasteiger partial charge in [-0.05, 0) is 72.0 Å². The van der Waals surface area contributed by atoms with Crippen molar-refractivity contribution in [2.75, 3.05) is 0 Å². The first kappa shape index (κ1) is 31.2. The van der Waals surface area contributed by atoms with Gasteiger partial charge in [-0.1, -0.05) is 140 Å². The van der Waals surface area contributed by atoms with Crippen molar-refractivity contribution in [3.8, 4) is 67.4 Å². The van der Waals surface area contributed by atoms with Gasteiger partial charge < -0.3 is 0 Å². The van der Waals surface area contributed by atoms with Crippen molar-refractivity contribution >= 4 is 21.8 Å². The molecule has 4 nitrogen and oxygen atoms in total. The average molecular weight is 667 g/mol. The van der Waals surface area contributed by atoms with Crippen LogP contribution < -0.4 is 0 Å². The highest BCUT2D eigenvalue weighted by Crippen LogP contribution is 2.34. The van der Waals surface area contributed by atoms with Crippen LogP contribution in [-0.4, -0.2) is 19.9 Å². The third kappa shape index (κ3) is 6.01. The maximum atomic E-state index is 5.20. The Morgan fingerprint density at radius 3 is 1.52 bits per heavy atom. The predicted molar refractivity (Wildman–Crippen MR) is 215 cm³/mol. The molecule has 0 amide bonds. The summed E-state index contributed by atoms with van der Waals surface area (Å²) in [5.41, 5.74) is 15.4. The van der Waals surface area contributed by atoms with Crippen molar-refractivity contribution < 1.29 is 0 Å². The van der Waals surface area contributed by atoms with Gasteiger partial charge in [-0.25, -0.2) is 15.0 Å². The van der Waals surface area contributed by atoms with E-state index in [9.17, 15) is 0 Å². The predicted octanol–water partition coefficient (Wildman–Crippen LogP) is 12.2. The fourth-order valence-electron chi connectivity index (χ4n) is 6.93. The molecule has 3 aromatic heterocycles. The van der Waals surface area contributed by atoms with Crippen LogP contribution in [0, 0.1) is 13.8 Å². The molecule has 0 atom stereocenters. The molecule has 0 aliphatic rings. The number of rotatable bonds is 6. The molecule has 9 aromatic rings. The Bertz CT molecular complexity index is 2740. The lowest BCUT2D eigenvalue weighted by molar-refractivity contribution is 1.18. The van der Waals surface area contributed by atoms with Gasteiger partial charge in [0, 0.05) is 38.7 Å². The lowest BCUT2D eigenvalue weighted by Gasteiger charge is -2.12. The molecular weight excluding hydrogens is 633 g/mol. The quantitative estimate of drug-likeness (QED) is 0.166. The number of hydrogen-bond donors (Lipinski definition) is 0. The molecule has 0 aliphatic carbocycles. The maximum Gasteiger partial charge on any atom is 0.160 e. The molecule has 0 saturated heterocycles. The summed E-state index contributed by atoms with van der Waals surface area (Å²) >= 11 is 0. The van der Waals surface area contributed by atoms with Gasteiger partial charge in [0.2, 0.25) is 0 Å². The minimum atomic E-state index is 0.693. The van der Waals surface area contributed by atoms with Crippen LogP contribution in [0.15, 0.2) is 170 Å². The van der Waals surface area contributed by atoms with E-state index in [1.54, 1.807) is 0 Å². The molecule has 246 valence electrons. The van der Waals surface area contributed by atoms with Crippen LogP contribution in [0.2, 0.25) is 0 Å². The van der Waals surface area contributed by atoms with E-state index >= 15 is 0 Å². The number of nitrogens with zero attached hydrogens (tertiary/aromatic N) is 4. The van der Waals surface area contributed by atoms with Gasteiger partial charge in [0.1, 0.15) is 0 Å². The van der Waals surface area contributed by atoms with E-state index in [-0.39, 0.29) is 0 Å². The first-order chi connectivity index (χ1) is 25.6. The molecule has 0 spiro atoms. The highest BCUT2D eigenvalue weighted by molar-refractivity contribution is 6.04. The molecule has 4 heteroatoms. The summed E-state index contributed by atoms with van der Waals surface area (Å²) in [6, 6.07) is 59.2. The standard InChI is InChI=1S/C48H34N4/c1-31-27-43(50-47-42(31)26-25-36-20-19-32(2)49-46(36)47)40-17-9-15-38(28-40)39-16-10-18-41(29-39)45-30-44(35-13-7-4-8-14-35)51-48(52-45)37-23-21-34(22-24-37)33-11-5-3-6-12-33/h3-30H,1-2H3. The SMILES string of the molecule is Cc1ccc2ccc3c(C)cc(-c4cccc(-c5cccc(-c6cc(-c7ccccc7)nc(-c7ccc(-c8ccccc8)cc7)n6)c5)c4)nc3c2n1. The van der Waals surface area contributed by atoms with Crippen LogP contribution in [-0.2, 0) is 0 Å². The molecule has 0 fully saturated rings. The lowest BCUT2D eigenvalue weighted by atomic mass is 9.97. The van der Waals surface area contributed by atoms with E-state index in [1.807, 2.05) is 31.2 Å². The average Bonchev–Trinajstić information content (AvgIpc) is 3.21. The Morgan fingerprint density at radius 1 is 0.327 bits per heavy atom. The fraction of sp³-hybridized carbons (Fsp3) is 0.0417. The molecule has 9 rings (SSSR count). The van der Waals surface area contributed by atoms with Crippen LogP contribution in [0.5, 0.6) is 0 Å². The first-order valence-corrected chi connectivity index (χ1v) is 17.6. The number of aryl methyl sites for hydroxylation is 2. The van der Waals surface area contributed by atoms with Crippen LogP contribution in [0.1, 0.15) is 11.3 Å². The first-order valence-electron chi connectivity index (χ1n) is 17.6. The Kier molecular flexibility index (Phi) is 7.90. The van der Waals surface area contributed by atoms with Gasteiger partial charge in [0.25, 0.3) is 0 Å². The summed E-state index contributed by atoms with van der Waals surface area (Å²) in [5, 5.41) is 2.23. The molecule has 0 bridgehead atoms. The zero-order chi connectivity index (χ0) is 35.0. The monoisotopic (exact) mass is 666 g/mol. The van der Waals surface area contributed by atoms with Crippen molar-refractivity contribution in [1.82, 2.24) is 19.9 Å². The largest absolute Gasteiger partial charge is 0.251 e. The van der Waals surface area contributed by atoms with E-state index in [2.05, 4.69) is 153 Å². The van der Waals surface area contributed by atoms with E-state index in [1.165, 1.54) is 11.1 Å². The molecule has 3 heterocycles. The van der Waals surface area contributed by atoms with E-state index < -0.39 is 0 Å². The van der Waals surface area contributed by atoms with Gasteiger partial charge in [-0.2, -0.15) is 0 Å². The topological polar surface area (TPSA) is 51.6 Å². The smallest absolute Gasteiger partial charge is 0.160 e. The number of pyridine rings is 2. The van der Waals surface area contributed by atoms with Gasteiger partial charge in [0.15, 0.2) is 5.82 Å². The zero-order valence-corrected chi connectivity index (χ0v) is 29.0. The highest BCUT2D eigenvalue weighted by atomic mass is 14.9. The molecule has 52 heavy (non-hydrogen) atoms. The summed E-state index contributed by atoms with van der Waals surface area (Å²) < 4.78 is 0. The fourth-order valence-corrected chi connectivity index (χ4v) is 6.93. The van der Waals surface area contributed by atoms with Gasteiger partial charge in [-0.3, -0.25) is 4.98 Å². The minimum Gasteiger partial charge on any atom is -0.251 e. The van der Waals surface area contributed by atoms with Crippen molar-refractivity contribution in [3.63, 3.8) is 0 Å². The Balaban J connectivity index is 1.11. The second kappa shape index (κ2) is 13.2. The number of fused-ring (bicyclic) bond motifs is 3. The summed E-state index contributed by atoms with van der Waals surface area (Å²) in [6.45, 7) is 4.18. The van der Waals surface area contributed by atoms with Gasteiger partial charge in [0.05, 0.1) is 28.1 Å². The highest BCUT2D eigenvalue weighted by Gasteiger charge is 2.14. The summed E-state index contributed by atoms with van der Waals surface area (Å²) in [7, 11) is 0. The number of hydrogen-bond acceptors (Lipinski definition) is 4. The third-order valence-electron chi connectivity index (χ3n) is 9.68. The van der Waals surface area contributed by atoms with Crippen LogP contribution >= 0.6 is 0 Å². The Labute approximate surface area is 303 Å². The number of aromatic nitrogens is 4. The molecule has 0 unspecified atom stereocenters. The third-order valence-corrected chi connectivity index (χ3v) is 9.68. The molecular formula is C48H34N4. The normalized spacial score (nSPS) is 11.3.